The first-order valence-electron chi connectivity index (χ1n) is 9.07. The topological polar surface area (TPSA) is 69.7 Å². The summed E-state index contributed by atoms with van der Waals surface area (Å²) in [5.74, 6) is -0.0336. The molecule has 25 heavy (non-hydrogen) atoms. The number of nitrogens with one attached hydrogen (secondary N) is 1. The molecular formula is C18H27N3O3S. The van der Waals surface area contributed by atoms with E-state index in [0.29, 0.717) is 32.1 Å². The van der Waals surface area contributed by atoms with E-state index in [-0.39, 0.29) is 10.8 Å². The Kier molecular flexibility index (Phi) is 5.76. The monoisotopic (exact) mass is 365 g/mol. The van der Waals surface area contributed by atoms with Crippen LogP contribution in [0.4, 0.5) is 0 Å². The first-order valence-corrected chi connectivity index (χ1v) is 10.5. The molecule has 0 saturated carbocycles. The predicted octanol–water partition coefficient (Wildman–Crippen LogP) is 1.44. The Labute approximate surface area is 150 Å². The number of carbonyl (C=O) groups is 1. The van der Waals surface area contributed by atoms with Gasteiger partial charge in [-0.2, -0.15) is 4.31 Å². The number of hydrogen-bond acceptors (Lipinski definition) is 4. The Hall–Kier alpha value is -1.44. The van der Waals surface area contributed by atoms with Crippen LogP contribution in [-0.2, 0) is 14.8 Å². The fraction of sp³-hybridized carbons (Fsp3) is 0.611. The van der Waals surface area contributed by atoms with Crippen molar-refractivity contribution in [1.82, 2.24) is 14.5 Å². The van der Waals surface area contributed by atoms with Gasteiger partial charge in [0.2, 0.25) is 15.9 Å². The molecule has 1 aromatic rings. The van der Waals surface area contributed by atoms with Gasteiger partial charge in [0.1, 0.15) is 6.04 Å². The number of amides is 1. The van der Waals surface area contributed by atoms with Crippen molar-refractivity contribution in [2.24, 2.45) is 0 Å². The third-order valence-corrected chi connectivity index (χ3v) is 7.23. The lowest BCUT2D eigenvalue weighted by Crippen LogP contribution is -2.55. The van der Waals surface area contributed by atoms with E-state index in [1.165, 1.54) is 4.31 Å². The third-order valence-electron chi connectivity index (χ3n) is 5.30. The second-order valence-corrected chi connectivity index (χ2v) is 8.72. The van der Waals surface area contributed by atoms with Gasteiger partial charge >= 0.3 is 0 Å². The molecule has 0 aliphatic carbocycles. The summed E-state index contributed by atoms with van der Waals surface area (Å²) in [7, 11) is -1.69. The van der Waals surface area contributed by atoms with Gasteiger partial charge in [-0.1, -0.05) is 24.6 Å². The molecule has 2 heterocycles. The summed E-state index contributed by atoms with van der Waals surface area (Å²) in [6.45, 7) is 1.81. The molecule has 2 aliphatic rings. The minimum absolute atomic E-state index is 0.0336. The largest absolute Gasteiger partial charge is 0.341 e. The molecule has 3 rings (SSSR count). The van der Waals surface area contributed by atoms with E-state index in [4.69, 9.17) is 0 Å². The Morgan fingerprint density at radius 1 is 1.04 bits per heavy atom. The molecule has 1 N–H and O–H groups in total. The number of benzene rings is 1. The molecule has 7 heteroatoms. The summed E-state index contributed by atoms with van der Waals surface area (Å²) in [4.78, 5) is 15.1. The molecule has 2 saturated heterocycles. The summed E-state index contributed by atoms with van der Waals surface area (Å²) in [6.07, 6.45) is 4.14. The number of nitrogens with zero attached hydrogens (tertiary/aromatic N) is 2. The molecule has 1 atom stereocenters. The normalized spacial score (nSPS) is 23.6. The summed E-state index contributed by atoms with van der Waals surface area (Å²) in [5, 5.41) is 3.25. The standard InChI is InChI=1S/C18H27N3O3S/c1-19-15-10-13-20(14-11-15)18(22)17-9-5-6-12-21(17)25(23,24)16-7-3-2-4-8-16/h2-4,7-8,15,17,19H,5-6,9-14H2,1H3. The SMILES string of the molecule is CNC1CCN(C(=O)C2CCCCN2S(=O)(=O)c2ccccc2)CC1. The van der Waals surface area contributed by atoms with Crippen LogP contribution in [0, 0.1) is 0 Å². The lowest BCUT2D eigenvalue weighted by molar-refractivity contribution is -0.137. The maximum Gasteiger partial charge on any atom is 0.243 e. The molecule has 2 fully saturated rings. The van der Waals surface area contributed by atoms with E-state index in [9.17, 15) is 13.2 Å². The second kappa shape index (κ2) is 7.85. The number of likely N-dealkylation sites (tertiary alicyclic amines) is 1. The zero-order chi connectivity index (χ0) is 17.9. The van der Waals surface area contributed by atoms with Gasteiger partial charge in [-0.3, -0.25) is 4.79 Å². The lowest BCUT2D eigenvalue weighted by Gasteiger charge is -2.39. The average Bonchev–Trinajstić information content (AvgIpc) is 2.68. The van der Waals surface area contributed by atoms with E-state index in [2.05, 4.69) is 5.32 Å². The highest BCUT2D eigenvalue weighted by Crippen LogP contribution is 2.27. The van der Waals surface area contributed by atoms with Crippen LogP contribution >= 0.6 is 0 Å². The first-order chi connectivity index (χ1) is 12.0. The highest BCUT2D eigenvalue weighted by atomic mass is 32.2. The lowest BCUT2D eigenvalue weighted by atomic mass is 10.0. The molecule has 0 aromatic heterocycles. The van der Waals surface area contributed by atoms with Crippen LogP contribution in [0.15, 0.2) is 35.2 Å². The van der Waals surface area contributed by atoms with Gasteiger partial charge in [0.25, 0.3) is 0 Å². The minimum Gasteiger partial charge on any atom is -0.341 e. The van der Waals surface area contributed by atoms with Crippen molar-refractivity contribution in [3.05, 3.63) is 30.3 Å². The Balaban J connectivity index is 1.78. The Morgan fingerprint density at radius 2 is 1.72 bits per heavy atom. The van der Waals surface area contributed by atoms with Crippen molar-refractivity contribution >= 4 is 15.9 Å². The molecule has 0 bridgehead atoms. The molecule has 2 aliphatic heterocycles. The van der Waals surface area contributed by atoms with Crippen LogP contribution < -0.4 is 5.32 Å². The van der Waals surface area contributed by atoms with E-state index in [1.54, 1.807) is 30.3 Å². The van der Waals surface area contributed by atoms with Gasteiger partial charge in [0.05, 0.1) is 4.90 Å². The Bertz CT molecular complexity index is 685. The van der Waals surface area contributed by atoms with Gasteiger partial charge in [-0.15, -0.1) is 0 Å². The molecule has 1 amide bonds. The second-order valence-electron chi connectivity index (χ2n) is 6.83. The highest BCUT2D eigenvalue weighted by Gasteiger charge is 2.39. The summed E-state index contributed by atoms with van der Waals surface area (Å²) in [5.41, 5.74) is 0. The van der Waals surface area contributed by atoms with Gasteiger partial charge in [0.15, 0.2) is 0 Å². The molecule has 0 radical (unpaired) electrons. The van der Waals surface area contributed by atoms with Crippen molar-refractivity contribution in [3.63, 3.8) is 0 Å². The van der Waals surface area contributed by atoms with E-state index >= 15 is 0 Å². The van der Waals surface area contributed by atoms with Crippen molar-refractivity contribution in [2.75, 3.05) is 26.7 Å². The zero-order valence-corrected chi connectivity index (χ0v) is 15.5. The number of carbonyl (C=O) groups excluding carboxylic acids is 1. The number of sulfonamides is 1. The quantitative estimate of drug-likeness (QED) is 0.877. The van der Waals surface area contributed by atoms with Crippen LogP contribution in [0.5, 0.6) is 0 Å². The highest BCUT2D eigenvalue weighted by molar-refractivity contribution is 7.89. The maximum absolute atomic E-state index is 13.0. The summed E-state index contributed by atoms with van der Waals surface area (Å²) in [6, 6.07) is 8.31. The minimum atomic E-state index is -3.64. The summed E-state index contributed by atoms with van der Waals surface area (Å²) < 4.78 is 27.5. The number of piperidine rings is 2. The average molecular weight is 365 g/mol. The van der Waals surface area contributed by atoms with Gasteiger partial charge < -0.3 is 10.2 Å². The molecule has 138 valence electrons. The van der Waals surface area contributed by atoms with Crippen LogP contribution in [0.3, 0.4) is 0 Å². The van der Waals surface area contributed by atoms with E-state index in [0.717, 1.165) is 25.7 Å². The van der Waals surface area contributed by atoms with E-state index < -0.39 is 16.1 Å². The fourth-order valence-corrected chi connectivity index (χ4v) is 5.44. The Morgan fingerprint density at radius 3 is 2.36 bits per heavy atom. The molecule has 1 aromatic carbocycles. The van der Waals surface area contributed by atoms with Crippen LogP contribution in [0.1, 0.15) is 32.1 Å². The third kappa shape index (κ3) is 3.88. The van der Waals surface area contributed by atoms with Crippen LogP contribution in [0.2, 0.25) is 0 Å². The first kappa shape index (κ1) is 18.4. The van der Waals surface area contributed by atoms with Gasteiger partial charge in [-0.05, 0) is 44.9 Å². The summed E-state index contributed by atoms with van der Waals surface area (Å²) >= 11 is 0. The van der Waals surface area contributed by atoms with Crippen LogP contribution in [0.25, 0.3) is 0 Å². The van der Waals surface area contributed by atoms with E-state index in [1.807, 2.05) is 11.9 Å². The molecule has 1 unspecified atom stereocenters. The predicted molar refractivity (Wildman–Crippen MR) is 96.6 cm³/mol. The van der Waals surface area contributed by atoms with Crippen molar-refractivity contribution in [2.45, 2.75) is 49.1 Å². The molecule has 6 nitrogen and oxygen atoms in total. The molecular weight excluding hydrogens is 338 g/mol. The molecule has 0 spiro atoms. The smallest absolute Gasteiger partial charge is 0.243 e. The fourth-order valence-electron chi connectivity index (χ4n) is 3.77. The number of hydrogen-bond donors (Lipinski definition) is 1. The van der Waals surface area contributed by atoms with Crippen molar-refractivity contribution < 1.29 is 13.2 Å². The van der Waals surface area contributed by atoms with Gasteiger partial charge in [0, 0.05) is 25.7 Å². The van der Waals surface area contributed by atoms with Crippen LogP contribution in [-0.4, -0.2) is 62.3 Å². The van der Waals surface area contributed by atoms with Crippen molar-refractivity contribution in [3.8, 4) is 0 Å². The van der Waals surface area contributed by atoms with Gasteiger partial charge in [-0.25, -0.2) is 8.42 Å². The maximum atomic E-state index is 13.0. The zero-order valence-electron chi connectivity index (χ0n) is 14.7. The number of rotatable bonds is 4. The van der Waals surface area contributed by atoms with Crippen molar-refractivity contribution in [1.29, 1.82) is 0 Å².